The van der Waals surface area contributed by atoms with Crippen LogP contribution in [0.2, 0.25) is 0 Å². The third kappa shape index (κ3) is 9.14. The molecule has 0 radical (unpaired) electrons. The van der Waals surface area contributed by atoms with Gasteiger partial charge in [0.25, 0.3) is 0 Å². The lowest BCUT2D eigenvalue weighted by atomic mass is 10.1. The van der Waals surface area contributed by atoms with Gasteiger partial charge in [0.2, 0.25) is 0 Å². The highest BCUT2D eigenvalue weighted by Crippen LogP contribution is 2.53. The summed E-state index contributed by atoms with van der Waals surface area (Å²) in [5.74, 6) is 1.54. The molecule has 0 unspecified atom stereocenters. The summed E-state index contributed by atoms with van der Waals surface area (Å²) in [5.41, 5.74) is 6.41. The van der Waals surface area contributed by atoms with Gasteiger partial charge >= 0.3 is 0 Å². The summed E-state index contributed by atoms with van der Waals surface area (Å²) in [6.07, 6.45) is 17.1. The van der Waals surface area contributed by atoms with Crippen LogP contribution in [0.4, 0.5) is 0 Å². The maximum absolute atomic E-state index is 10.1. The van der Waals surface area contributed by atoms with Crippen molar-refractivity contribution in [2.45, 2.75) is 102 Å². The average Bonchev–Trinajstić information content (AvgIpc) is 3.14. The highest BCUT2D eigenvalue weighted by molar-refractivity contribution is 8.18. The van der Waals surface area contributed by atoms with E-state index >= 15 is 0 Å². The quantitative estimate of drug-likeness (QED) is 0.263. The molecule has 0 atom stereocenters. The number of hydrogen-bond acceptors (Lipinski definition) is 3. The second kappa shape index (κ2) is 12.8. The lowest BCUT2D eigenvalue weighted by Crippen LogP contribution is -2.15. The van der Waals surface area contributed by atoms with Gasteiger partial charge in [-0.3, -0.25) is 0 Å². The Kier molecular flexibility index (Phi) is 10.9. The van der Waals surface area contributed by atoms with Gasteiger partial charge in [-0.15, -0.1) is 23.5 Å². The molecule has 1 aliphatic carbocycles. The Hall–Kier alpha value is -1.06. The molecule has 1 aromatic rings. The van der Waals surface area contributed by atoms with E-state index in [1.165, 1.54) is 53.7 Å². The molecule has 0 spiro atoms. The molecule has 2 rings (SSSR count). The van der Waals surface area contributed by atoms with Gasteiger partial charge in [-0.1, -0.05) is 47.8 Å². The normalized spacial score (nSPS) is 16.6. The van der Waals surface area contributed by atoms with E-state index in [-0.39, 0.29) is 4.08 Å². The van der Waals surface area contributed by atoms with Crippen LogP contribution in [0.25, 0.3) is 0 Å². The van der Waals surface area contributed by atoms with Crippen molar-refractivity contribution in [1.82, 2.24) is 0 Å². The maximum Gasteiger partial charge on any atom is 0.121 e. The number of phenolic OH excluding ortho intramolecular Hbond substituents is 1. The molecule has 0 saturated heterocycles. The number of hydrogen-bond donors (Lipinski definition) is 1. The Bertz CT molecular complexity index is 783. The van der Waals surface area contributed by atoms with Crippen LogP contribution >= 0.6 is 23.5 Å². The van der Waals surface area contributed by atoms with E-state index in [2.05, 4.69) is 69.8 Å². The minimum Gasteiger partial charge on any atom is -0.507 e. The fourth-order valence-corrected chi connectivity index (χ4v) is 7.43. The van der Waals surface area contributed by atoms with Crippen LogP contribution in [-0.2, 0) is 0 Å². The van der Waals surface area contributed by atoms with E-state index in [1.54, 1.807) is 0 Å². The lowest BCUT2D eigenvalue weighted by molar-refractivity contribution is 0.466. The summed E-state index contributed by atoms with van der Waals surface area (Å²) in [7, 11) is 0. The predicted octanol–water partition coefficient (Wildman–Crippen LogP) is 9.52. The Morgan fingerprint density at radius 3 is 2.03 bits per heavy atom. The van der Waals surface area contributed by atoms with Gasteiger partial charge in [-0.25, -0.2) is 0 Å². The maximum atomic E-state index is 10.1. The highest BCUT2D eigenvalue weighted by atomic mass is 32.2. The van der Waals surface area contributed by atoms with Crippen LogP contribution in [0.5, 0.6) is 5.75 Å². The monoisotopic (exact) mass is 458 g/mol. The summed E-state index contributed by atoms with van der Waals surface area (Å²) >= 11 is 4.15. The van der Waals surface area contributed by atoms with E-state index in [9.17, 15) is 5.11 Å². The van der Waals surface area contributed by atoms with Crippen molar-refractivity contribution in [1.29, 1.82) is 0 Å². The van der Waals surface area contributed by atoms with Crippen LogP contribution in [0, 0.1) is 13.8 Å². The largest absolute Gasteiger partial charge is 0.507 e. The zero-order valence-electron chi connectivity index (χ0n) is 20.5. The number of aromatic hydroxyl groups is 1. The first-order chi connectivity index (χ1) is 14.7. The fourth-order valence-electron chi connectivity index (χ4n) is 4.05. The standard InChI is InChI=1S/C28H42OS2/c1-21(2)11-9-12-22(3)13-10-14-23(4)15-18-30-28(16-7-8-17-28)31-26-19-24(5)27(29)25(6)20-26/h11,13,15,19-20,29H,7-10,12,14,16-18H2,1-6H3/b22-13+,23-15+. The molecule has 1 fully saturated rings. The summed E-state index contributed by atoms with van der Waals surface area (Å²) in [4.78, 5) is 1.30. The summed E-state index contributed by atoms with van der Waals surface area (Å²) in [6.45, 7) is 12.9. The van der Waals surface area contributed by atoms with Crippen molar-refractivity contribution >= 4 is 23.5 Å². The van der Waals surface area contributed by atoms with Crippen LogP contribution in [0.1, 0.15) is 90.2 Å². The zero-order valence-corrected chi connectivity index (χ0v) is 22.1. The van der Waals surface area contributed by atoms with Gasteiger partial charge in [-0.2, -0.15) is 0 Å². The Morgan fingerprint density at radius 2 is 1.45 bits per heavy atom. The Balaban J connectivity index is 1.86. The fraction of sp³-hybridized carbons (Fsp3) is 0.571. The van der Waals surface area contributed by atoms with Gasteiger partial charge in [0.05, 0.1) is 4.08 Å². The van der Waals surface area contributed by atoms with E-state index in [4.69, 9.17) is 0 Å². The molecule has 1 N–H and O–H groups in total. The van der Waals surface area contributed by atoms with Gasteiger partial charge in [0, 0.05) is 10.6 Å². The molecule has 0 bridgehead atoms. The molecule has 1 saturated carbocycles. The molecule has 0 aromatic heterocycles. The number of aryl methyl sites for hydroxylation is 2. The van der Waals surface area contributed by atoms with Gasteiger partial charge in [0.15, 0.2) is 0 Å². The zero-order chi connectivity index (χ0) is 22.9. The first-order valence-electron chi connectivity index (χ1n) is 11.8. The van der Waals surface area contributed by atoms with Crippen molar-refractivity contribution in [2.24, 2.45) is 0 Å². The SMILES string of the molecule is CC(C)=CCC/C(C)=C/CC/C(C)=C/CSC1(Sc2cc(C)c(O)c(C)c2)CCCC1. The third-order valence-electron chi connectivity index (χ3n) is 6.03. The molecule has 0 aliphatic heterocycles. The molecule has 1 aromatic carbocycles. The van der Waals surface area contributed by atoms with Crippen LogP contribution < -0.4 is 0 Å². The van der Waals surface area contributed by atoms with E-state index in [0.29, 0.717) is 5.75 Å². The lowest BCUT2D eigenvalue weighted by Gasteiger charge is -2.28. The minimum absolute atomic E-state index is 0.286. The Labute approximate surface area is 199 Å². The van der Waals surface area contributed by atoms with Crippen molar-refractivity contribution in [3.05, 3.63) is 58.2 Å². The molecule has 172 valence electrons. The molecular weight excluding hydrogens is 416 g/mol. The third-order valence-corrected chi connectivity index (χ3v) is 9.16. The highest BCUT2D eigenvalue weighted by Gasteiger charge is 2.35. The van der Waals surface area contributed by atoms with Gasteiger partial charge < -0.3 is 5.11 Å². The van der Waals surface area contributed by atoms with E-state index < -0.39 is 0 Å². The Morgan fingerprint density at radius 1 is 0.903 bits per heavy atom. The van der Waals surface area contributed by atoms with Crippen LogP contribution in [0.3, 0.4) is 0 Å². The molecule has 3 heteroatoms. The second-order valence-electron chi connectivity index (χ2n) is 9.40. The molecule has 31 heavy (non-hydrogen) atoms. The molecular formula is C28H42OS2. The molecule has 0 heterocycles. The second-order valence-corrected chi connectivity index (χ2v) is 12.5. The number of allylic oxidation sites excluding steroid dienone is 5. The number of thioether (sulfide) groups is 2. The topological polar surface area (TPSA) is 20.2 Å². The number of rotatable bonds is 11. The van der Waals surface area contributed by atoms with Crippen molar-refractivity contribution < 1.29 is 5.11 Å². The number of phenols is 1. The summed E-state index contributed by atoms with van der Waals surface area (Å²) in [6, 6.07) is 4.31. The van der Waals surface area contributed by atoms with Crippen LogP contribution in [-0.4, -0.2) is 14.9 Å². The van der Waals surface area contributed by atoms with Gasteiger partial charge in [0.1, 0.15) is 5.75 Å². The molecule has 0 amide bonds. The number of benzene rings is 1. The first-order valence-corrected chi connectivity index (χ1v) is 13.6. The van der Waals surface area contributed by atoms with Crippen molar-refractivity contribution in [2.75, 3.05) is 5.75 Å². The van der Waals surface area contributed by atoms with Crippen molar-refractivity contribution in [3.8, 4) is 5.75 Å². The van der Waals surface area contributed by atoms with E-state index in [0.717, 1.165) is 36.1 Å². The minimum atomic E-state index is 0.286. The summed E-state index contributed by atoms with van der Waals surface area (Å²) in [5, 5.41) is 10.1. The average molecular weight is 459 g/mol. The molecule has 1 aliphatic rings. The predicted molar refractivity (Wildman–Crippen MR) is 143 cm³/mol. The van der Waals surface area contributed by atoms with Crippen LogP contribution in [0.15, 0.2) is 52.0 Å². The summed E-state index contributed by atoms with van der Waals surface area (Å²) < 4.78 is 0.286. The van der Waals surface area contributed by atoms with Gasteiger partial charge in [-0.05, 0) is 103 Å². The van der Waals surface area contributed by atoms with Crippen molar-refractivity contribution in [3.63, 3.8) is 0 Å². The molecule has 1 nitrogen and oxygen atoms in total. The van der Waals surface area contributed by atoms with E-state index in [1.807, 2.05) is 25.6 Å². The smallest absolute Gasteiger partial charge is 0.121 e. The first kappa shape index (κ1) is 26.2.